The van der Waals surface area contributed by atoms with Gasteiger partial charge in [-0.25, -0.2) is 0 Å². The Hall–Kier alpha value is 0.950. The van der Waals surface area contributed by atoms with Crippen LogP contribution in [0.2, 0.25) is 5.02 Å². The quantitative estimate of drug-likeness (QED) is 0.684. The molecule has 1 rings (SSSR count). The summed E-state index contributed by atoms with van der Waals surface area (Å²) in [6.07, 6.45) is 0. The van der Waals surface area contributed by atoms with Crippen molar-refractivity contribution in [3.63, 3.8) is 0 Å². The Morgan fingerprint density at radius 2 is 2.33 bits per heavy atom. The molecule has 0 saturated heterocycles. The number of halogens is 3. The third-order valence-corrected chi connectivity index (χ3v) is 3.87. The van der Waals surface area contributed by atoms with Crippen molar-refractivity contribution in [2.24, 2.45) is 0 Å². The zero-order valence-corrected chi connectivity index (χ0v) is 9.07. The van der Waals surface area contributed by atoms with Crippen molar-refractivity contribution < 1.29 is 0 Å². The number of rotatable bonds is 1. The topological polar surface area (TPSA) is 0 Å². The highest BCUT2D eigenvalue weighted by Crippen LogP contribution is 2.32. The highest BCUT2D eigenvalue weighted by atomic mass is 79.9. The average Bonchev–Trinajstić information content (AvgIpc) is 2.10. The van der Waals surface area contributed by atoms with E-state index in [0.29, 0.717) is 0 Å². The highest BCUT2D eigenvalue weighted by Gasteiger charge is 2.02. The predicted molar refractivity (Wildman–Crippen MR) is 49.7 cm³/mol. The fraction of sp³-hybridized carbons (Fsp3) is 0.200. The fourth-order valence-corrected chi connectivity index (χ4v) is 3.20. The smallest absolute Gasteiger partial charge is 0.0717 e. The zero-order valence-electron chi connectivity index (χ0n) is 4.33. The third-order valence-electron chi connectivity index (χ3n) is 0.849. The van der Waals surface area contributed by atoms with Crippen LogP contribution in [-0.4, -0.2) is 0 Å². The van der Waals surface area contributed by atoms with Crippen molar-refractivity contribution in [1.82, 2.24) is 0 Å². The van der Waals surface area contributed by atoms with Crippen LogP contribution in [0, 0.1) is 0 Å². The number of alkyl halides is 1. The minimum Gasteiger partial charge on any atom is -0.131 e. The van der Waals surface area contributed by atoms with Gasteiger partial charge in [-0.3, -0.25) is 0 Å². The molecule has 0 fully saturated rings. The van der Waals surface area contributed by atoms with Crippen LogP contribution >= 0.6 is 54.8 Å². The maximum atomic E-state index is 5.80. The maximum Gasteiger partial charge on any atom is 0.0717 e. The summed E-state index contributed by atoms with van der Waals surface area (Å²) in [4.78, 5) is 1.17. The second-order valence-corrected chi connectivity index (χ2v) is 4.94. The molecular weight excluding hydrogens is 287 g/mol. The normalized spacial score (nSPS) is 10.1. The lowest BCUT2D eigenvalue weighted by Crippen LogP contribution is -1.63. The molecule has 0 nitrogen and oxygen atoms in total. The fourth-order valence-electron chi connectivity index (χ4n) is 0.467. The summed E-state index contributed by atoms with van der Waals surface area (Å²) in [6.45, 7) is 0. The van der Waals surface area contributed by atoms with E-state index in [1.54, 1.807) is 11.3 Å². The Balaban J connectivity index is 3.01. The van der Waals surface area contributed by atoms with E-state index in [0.717, 1.165) is 14.1 Å². The molecule has 4 heteroatoms. The molecule has 1 heterocycles. The minimum absolute atomic E-state index is 0.835. The molecule has 0 bridgehead atoms. The van der Waals surface area contributed by atoms with E-state index in [4.69, 9.17) is 11.6 Å². The van der Waals surface area contributed by atoms with E-state index < -0.39 is 0 Å². The molecule has 0 aliphatic carbocycles. The van der Waals surface area contributed by atoms with Gasteiger partial charge in [0.2, 0.25) is 0 Å². The number of thiophene rings is 1. The van der Waals surface area contributed by atoms with Crippen molar-refractivity contribution in [2.75, 3.05) is 0 Å². The molecule has 0 aliphatic rings. The standard InChI is InChI=1S/C5H3Br2ClS/c6-2-4-3(8)1-5(7)9-4/h1H,2H2. The average molecular weight is 290 g/mol. The Labute approximate surface area is 79.5 Å². The summed E-state index contributed by atoms with van der Waals surface area (Å²) in [5.74, 6) is 0. The number of hydrogen-bond acceptors (Lipinski definition) is 1. The van der Waals surface area contributed by atoms with Gasteiger partial charge in [0, 0.05) is 10.2 Å². The second kappa shape index (κ2) is 3.37. The Bertz CT molecular complexity index is 209. The molecule has 0 aliphatic heterocycles. The Morgan fingerprint density at radius 1 is 1.67 bits per heavy atom. The van der Waals surface area contributed by atoms with E-state index in [1.165, 1.54) is 4.88 Å². The molecule has 0 N–H and O–H groups in total. The van der Waals surface area contributed by atoms with Crippen LogP contribution < -0.4 is 0 Å². The van der Waals surface area contributed by atoms with Gasteiger partial charge in [-0.2, -0.15) is 0 Å². The lowest BCUT2D eigenvalue weighted by Gasteiger charge is -1.83. The molecule has 0 atom stereocenters. The summed E-state index contributed by atoms with van der Waals surface area (Å²) in [6, 6.07) is 1.91. The molecule has 9 heavy (non-hydrogen) atoms. The van der Waals surface area contributed by atoms with Gasteiger partial charge in [0.25, 0.3) is 0 Å². The summed E-state index contributed by atoms with van der Waals surface area (Å²) >= 11 is 14.1. The molecule has 0 radical (unpaired) electrons. The molecular formula is C5H3Br2ClS. The molecule has 0 unspecified atom stereocenters. The second-order valence-electron chi connectivity index (χ2n) is 1.46. The van der Waals surface area contributed by atoms with Crippen LogP contribution in [0.4, 0.5) is 0 Å². The van der Waals surface area contributed by atoms with Crippen molar-refractivity contribution >= 4 is 54.8 Å². The molecule has 0 amide bonds. The summed E-state index contributed by atoms with van der Waals surface area (Å²) in [5, 5.41) is 1.67. The third kappa shape index (κ3) is 1.93. The van der Waals surface area contributed by atoms with Crippen molar-refractivity contribution in [3.8, 4) is 0 Å². The molecule has 0 aromatic carbocycles. The summed E-state index contributed by atoms with van der Waals surface area (Å²) in [7, 11) is 0. The van der Waals surface area contributed by atoms with Crippen LogP contribution in [0.15, 0.2) is 9.85 Å². The van der Waals surface area contributed by atoms with Crippen molar-refractivity contribution in [1.29, 1.82) is 0 Å². The first-order chi connectivity index (χ1) is 4.24. The van der Waals surface area contributed by atoms with Crippen molar-refractivity contribution in [2.45, 2.75) is 5.33 Å². The van der Waals surface area contributed by atoms with Gasteiger partial charge in [-0.1, -0.05) is 27.5 Å². The van der Waals surface area contributed by atoms with Gasteiger partial charge in [0.15, 0.2) is 0 Å². The van der Waals surface area contributed by atoms with E-state index in [1.807, 2.05) is 6.07 Å². The molecule has 1 aromatic rings. The van der Waals surface area contributed by atoms with E-state index in [2.05, 4.69) is 31.9 Å². The summed E-state index contributed by atoms with van der Waals surface area (Å²) in [5.41, 5.74) is 0. The first-order valence-corrected chi connectivity index (χ1v) is 5.34. The van der Waals surface area contributed by atoms with Crippen LogP contribution in [0.1, 0.15) is 4.88 Å². The van der Waals surface area contributed by atoms with E-state index in [-0.39, 0.29) is 0 Å². The lowest BCUT2D eigenvalue weighted by molar-refractivity contribution is 1.58. The van der Waals surface area contributed by atoms with Crippen molar-refractivity contribution in [3.05, 3.63) is 19.8 Å². The largest absolute Gasteiger partial charge is 0.131 e. The molecule has 50 valence electrons. The van der Waals surface area contributed by atoms with Gasteiger partial charge in [0.05, 0.1) is 8.81 Å². The van der Waals surface area contributed by atoms with Crippen LogP contribution in [0.25, 0.3) is 0 Å². The Kier molecular flexibility index (Phi) is 3.02. The van der Waals surface area contributed by atoms with Gasteiger partial charge in [-0.15, -0.1) is 11.3 Å². The van der Waals surface area contributed by atoms with Crippen LogP contribution in [0.3, 0.4) is 0 Å². The Morgan fingerprint density at radius 3 is 2.56 bits per heavy atom. The molecule has 0 saturated carbocycles. The molecule has 0 spiro atoms. The van der Waals surface area contributed by atoms with Gasteiger partial charge in [0.1, 0.15) is 0 Å². The minimum atomic E-state index is 0.835. The SMILES string of the molecule is Clc1cc(Br)sc1CBr. The van der Waals surface area contributed by atoms with Crippen LogP contribution in [-0.2, 0) is 5.33 Å². The van der Waals surface area contributed by atoms with Gasteiger partial charge in [-0.05, 0) is 22.0 Å². The highest BCUT2D eigenvalue weighted by molar-refractivity contribution is 9.11. The maximum absolute atomic E-state index is 5.80. The summed E-state index contributed by atoms with van der Waals surface area (Å²) < 4.78 is 1.09. The van der Waals surface area contributed by atoms with Gasteiger partial charge < -0.3 is 0 Å². The van der Waals surface area contributed by atoms with E-state index >= 15 is 0 Å². The number of hydrogen-bond donors (Lipinski definition) is 0. The first kappa shape index (κ1) is 8.05. The van der Waals surface area contributed by atoms with Gasteiger partial charge >= 0.3 is 0 Å². The van der Waals surface area contributed by atoms with Crippen LogP contribution in [0.5, 0.6) is 0 Å². The zero-order chi connectivity index (χ0) is 6.85. The lowest BCUT2D eigenvalue weighted by atomic mass is 10.5. The predicted octanol–water partition coefficient (Wildman–Crippen LogP) is 4.06. The van der Waals surface area contributed by atoms with E-state index in [9.17, 15) is 0 Å². The monoisotopic (exact) mass is 288 g/mol. The first-order valence-electron chi connectivity index (χ1n) is 2.23. The molecule has 1 aromatic heterocycles.